The van der Waals surface area contributed by atoms with E-state index < -0.39 is 0 Å². The van der Waals surface area contributed by atoms with E-state index in [1.165, 1.54) is 13.3 Å². The SMILES string of the molecule is C=CC(C)(C)C(C)CC.CC#N. The molecule has 0 bridgehead atoms. The number of hydrogen-bond donors (Lipinski definition) is 0. The van der Waals surface area contributed by atoms with Gasteiger partial charge in [-0.2, -0.15) is 5.26 Å². The number of nitriles is 1. The van der Waals surface area contributed by atoms with Crippen LogP contribution >= 0.6 is 0 Å². The number of rotatable bonds is 3. The second-order valence-electron chi connectivity index (χ2n) is 3.56. The van der Waals surface area contributed by atoms with Gasteiger partial charge < -0.3 is 0 Å². The molecule has 1 heteroatoms. The van der Waals surface area contributed by atoms with Crippen LogP contribution in [0.3, 0.4) is 0 Å². The number of nitrogens with zero attached hydrogens (tertiary/aromatic N) is 1. The van der Waals surface area contributed by atoms with Crippen LogP contribution < -0.4 is 0 Å². The number of hydrogen-bond acceptors (Lipinski definition) is 1. The van der Waals surface area contributed by atoms with Gasteiger partial charge in [-0.3, -0.25) is 0 Å². The summed E-state index contributed by atoms with van der Waals surface area (Å²) in [6.45, 7) is 14.2. The molecular weight excluding hydrogens is 146 g/mol. The third-order valence-corrected chi connectivity index (χ3v) is 2.41. The van der Waals surface area contributed by atoms with Gasteiger partial charge in [0.25, 0.3) is 0 Å². The normalized spacial score (nSPS) is 12.0. The summed E-state index contributed by atoms with van der Waals surface area (Å²) in [7, 11) is 0. The molecule has 0 spiro atoms. The fourth-order valence-corrected chi connectivity index (χ4v) is 0.727. The fraction of sp³-hybridized carbons (Fsp3) is 0.727. The molecule has 1 unspecified atom stereocenters. The van der Waals surface area contributed by atoms with Crippen LogP contribution in [0.15, 0.2) is 12.7 Å². The van der Waals surface area contributed by atoms with Gasteiger partial charge in [-0.25, -0.2) is 0 Å². The Balaban J connectivity index is 0. The zero-order valence-electron chi connectivity index (χ0n) is 9.02. The molecule has 0 aliphatic rings. The fourth-order valence-electron chi connectivity index (χ4n) is 0.727. The Morgan fingerprint density at radius 3 is 2.00 bits per heavy atom. The molecule has 1 atom stereocenters. The Morgan fingerprint density at radius 1 is 1.58 bits per heavy atom. The predicted molar refractivity (Wildman–Crippen MR) is 54.7 cm³/mol. The van der Waals surface area contributed by atoms with E-state index in [0.717, 1.165) is 5.92 Å². The standard InChI is InChI=1S/C9H18.C2H3N/c1-6-8(3)9(4,5)7-2;1-2-3/h7-8H,2,6H2,1,3-5H3;1H3. The van der Waals surface area contributed by atoms with Crippen molar-refractivity contribution in [3.05, 3.63) is 12.7 Å². The van der Waals surface area contributed by atoms with Crippen molar-refractivity contribution in [2.45, 2.75) is 41.0 Å². The molecule has 0 saturated carbocycles. The molecule has 0 radical (unpaired) electrons. The van der Waals surface area contributed by atoms with Gasteiger partial charge in [-0.1, -0.05) is 40.2 Å². The van der Waals surface area contributed by atoms with E-state index in [-0.39, 0.29) is 0 Å². The molecule has 0 saturated heterocycles. The quantitative estimate of drug-likeness (QED) is 0.587. The van der Waals surface area contributed by atoms with Crippen molar-refractivity contribution < 1.29 is 0 Å². The molecule has 0 aromatic rings. The lowest BCUT2D eigenvalue weighted by Gasteiger charge is -2.26. The molecule has 0 rings (SSSR count). The Kier molecular flexibility index (Phi) is 7.94. The molecule has 0 amide bonds. The average Bonchev–Trinajstić information content (AvgIpc) is 2.04. The minimum atomic E-state index is 0.314. The molecular formula is C11H21N. The average molecular weight is 167 g/mol. The highest BCUT2D eigenvalue weighted by Crippen LogP contribution is 2.29. The van der Waals surface area contributed by atoms with Crippen LogP contribution in [0.4, 0.5) is 0 Å². The van der Waals surface area contributed by atoms with Crippen molar-refractivity contribution in [2.75, 3.05) is 0 Å². The monoisotopic (exact) mass is 167 g/mol. The van der Waals surface area contributed by atoms with Crippen LogP contribution in [0.25, 0.3) is 0 Å². The third kappa shape index (κ3) is 5.97. The van der Waals surface area contributed by atoms with Crippen LogP contribution in [0.5, 0.6) is 0 Å². The van der Waals surface area contributed by atoms with Gasteiger partial charge in [0.15, 0.2) is 0 Å². The molecule has 0 fully saturated rings. The molecule has 0 heterocycles. The van der Waals surface area contributed by atoms with Crippen molar-refractivity contribution in [3.8, 4) is 6.07 Å². The summed E-state index contributed by atoms with van der Waals surface area (Å²) in [4.78, 5) is 0. The summed E-state index contributed by atoms with van der Waals surface area (Å²) in [5, 5.41) is 7.32. The molecule has 0 aromatic carbocycles. The van der Waals surface area contributed by atoms with Crippen molar-refractivity contribution >= 4 is 0 Å². The summed E-state index contributed by atoms with van der Waals surface area (Å²) in [5.41, 5.74) is 0.314. The molecule has 1 nitrogen and oxygen atoms in total. The Morgan fingerprint density at radius 2 is 1.92 bits per heavy atom. The molecule has 0 aliphatic heterocycles. The van der Waals surface area contributed by atoms with Crippen molar-refractivity contribution in [1.29, 1.82) is 5.26 Å². The maximum atomic E-state index is 7.32. The first kappa shape index (κ1) is 13.8. The third-order valence-electron chi connectivity index (χ3n) is 2.41. The summed E-state index contributed by atoms with van der Waals surface area (Å²) < 4.78 is 0. The maximum Gasteiger partial charge on any atom is 0.0587 e. The van der Waals surface area contributed by atoms with Crippen LogP contribution in [0.2, 0.25) is 0 Å². The minimum absolute atomic E-state index is 0.314. The van der Waals surface area contributed by atoms with E-state index >= 15 is 0 Å². The van der Waals surface area contributed by atoms with Crippen LogP contribution in [0, 0.1) is 22.7 Å². The summed E-state index contributed by atoms with van der Waals surface area (Å²) >= 11 is 0. The van der Waals surface area contributed by atoms with Gasteiger partial charge in [0.05, 0.1) is 6.07 Å². The van der Waals surface area contributed by atoms with Crippen LogP contribution in [-0.2, 0) is 0 Å². The lowest BCUT2D eigenvalue weighted by molar-refractivity contribution is 0.299. The Bertz CT molecular complexity index is 151. The minimum Gasteiger partial charge on any atom is -0.199 e. The number of allylic oxidation sites excluding steroid dienone is 1. The molecule has 70 valence electrons. The highest BCUT2D eigenvalue weighted by molar-refractivity contribution is 4.90. The predicted octanol–water partition coefficient (Wildman–Crippen LogP) is 3.77. The van der Waals surface area contributed by atoms with Gasteiger partial charge in [0.1, 0.15) is 0 Å². The second kappa shape index (κ2) is 6.91. The van der Waals surface area contributed by atoms with Gasteiger partial charge >= 0.3 is 0 Å². The van der Waals surface area contributed by atoms with Crippen LogP contribution in [-0.4, -0.2) is 0 Å². The van der Waals surface area contributed by atoms with E-state index in [9.17, 15) is 0 Å². The second-order valence-corrected chi connectivity index (χ2v) is 3.56. The largest absolute Gasteiger partial charge is 0.199 e. The zero-order valence-corrected chi connectivity index (χ0v) is 9.02. The summed E-state index contributed by atoms with van der Waals surface area (Å²) in [6.07, 6.45) is 3.28. The van der Waals surface area contributed by atoms with E-state index in [1.54, 1.807) is 6.07 Å². The molecule has 0 aliphatic carbocycles. The molecule has 0 aromatic heterocycles. The first-order chi connectivity index (χ1) is 5.46. The summed E-state index contributed by atoms with van der Waals surface area (Å²) in [6, 6.07) is 1.75. The lowest BCUT2D eigenvalue weighted by atomic mass is 9.79. The van der Waals surface area contributed by atoms with Gasteiger partial charge in [-0.15, -0.1) is 6.58 Å². The maximum absolute atomic E-state index is 7.32. The Labute approximate surface area is 77.1 Å². The van der Waals surface area contributed by atoms with Gasteiger partial charge in [0, 0.05) is 6.92 Å². The smallest absolute Gasteiger partial charge is 0.0587 e. The first-order valence-electron chi connectivity index (χ1n) is 4.40. The van der Waals surface area contributed by atoms with E-state index in [4.69, 9.17) is 5.26 Å². The van der Waals surface area contributed by atoms with Crippen LogP contribution in [0.1, 0.15) is 41.0 Å². The lowest BCUT2D eigenvalue weighted by Crippen LogP contribution is -2.17. The van der Waals surface area contributed by atoms with Crippen molar-refractivity contribution in [1.82, 2.24) is 0 Å². The molecule has 0 N–H and O–H groups in total. The zero-order chi connectivity index (χ0) is 10.2. The Hall–Kier alpha value is -0.770. The van der Waals surface area contributed by atoms with Crippen molar-refractivity contribution in [2.24, 2.45) is 11.3 Å². The van der Waals surface area contributed by atoms with Crippen molar-refractivity contribution in [3.63, 3.8) is 0 Å². The van der Waals surface area contributed by atoms with Gasteiger partial charge in [-0.05, 0) is 11.3 Å². The van der Waals surface area contributed by atoms with E-state index in [0.29, 0.717) is 5.41 Å². The topological polar surface area (TPSA) is 23.8 Å². The van der Waals surface area contributed by atoms with Gasteiger partial charge in [0.2, 0.25) is 0 Å². The van der Waals surface area contributed by atoms with E-state index in [1.807, 2.05) is 6.08 Å². The first-order valence-corrected chi connectivity index (χ1v) is 4.40. The summed E-state index contributed by atoms with van der Waals surface area (Å²) in [5.74, 6) is 0.745. The highest BCUT2D eigenvalue weighted by atomic mass is 14.2. The highest BCUT2D eigenvalue weighted by Gasteiger charge is 2.19. The molecule has 12 heavy (non-hydrogen) atoms. The van der Waals surface area contributed by atoms with E-state index in [2.05, 4.69) is 34.3 Å².